The number of aliphatic imine (C=N–C) groups is 1. The second-order valence-corrected chi connectivity index (χ2v) is 7.45. The molecule has 1 atom stereocenters. The van der Waals surface area contributed by atoms with Crippen molar-refractivity contribution in [1.29, 1.82) is 0 Å². The first-order valence-corrected chi connectivity index (χ1v) is 9.27. The predicted molar refractivity (Wildman–Crippen MR) is 117 cm³/mol. The minimum atomic E-state index is 0. The molecule has 4 rings (SSSR count). The summed E-state index contributed by atoms with van der Waals surface area (Å²) >= 11 is 1.61. The molecule has 0 radical (unpaired) electrons. The highest BCUT2D eigenvalue weighted by molar-refractivity contribution is 7.12. The predicted octanol–water partition coefficient (Wildman–Crippen LogP) is 4.75. The highest BCUT2D eigenvalue weighted by atomic mass is 35.5. The second kappa shape index (κ2) is 8.91. The molecule has 3 heterocycles. The number of H-pyrrole nitrogens is 1. The fraction of sp³-hybridized carbons (Fsp3) is 0.316. The van der Waals surface area contributed by atoms with E-state index >= 15 is 0 Å². The normalized spacial score (nSPS) is 17.9. The van der Waals surface area contributed by atoms with Crippen LogP contribution in [0, 0.1) is 0 Å². The molecule has 1 saturated heterocycles. The van der Waals surface area contributed by atoms with Crippen LogP contribution in [0.2, 0.25) is 0 Å². The Balaban J connectivity index is 0.00000121. The maximum absolute atomic E-state index is 6.13. The van der Waals surface area contributed by atoms with E-state index in [-0.39, 0.29) is 24.8 Å². The number of amidine groups is 1. The Labute approximate surface area is 170 Å². The Hall–Kier alpha value is -1.53. The lowest BCUT2D eigenvalue weighted by molar-refractivity contribution is 0.310. The maximum Gasteiger partial charge on any atom is 0.141 e. The molecule has 0 bridgehead atoms. The Bertz CT molecular complexity index is 873. The van der Waals surface area contributed by atoms with Gasteiger partial charge in [0.2, 0.25) is 0 Å². The van der Waals surface area contributed by atoms with E-state index < -0.39 is 0 Å². The van der Waals surface area contributed by atoms with E-state index in [2.05, 4.69) is 40.3 Å². The minimum absolute atomic E-state index is 0. The molecule has 3 aromatic rings. The van der Waals surface area contributed by atoms with Crippen LogP contribution in [0.15, 0.2) is 46.9 Å². The molecule has 1 aliphatic heterocycles. The molecule has 1 fully saturated rings. The van der Waals surface area contributed by atoms with Crippen LogP contribution in [-0.4, -0.2) is 35.4 Å². The molecular weight excluding hydrogens is 387 g/mol. The smallest absolute Gasteiger partial charge is 0.141 e. The topological polar surface area (TPSA) is 57.4 Å². The zero-order chi connectivity index (χ0) is 16.5. The Morgan fingerprint density at radius 3 is 2.88 bits per heavy atom. The second-order valence-electron chi connectivity index (χ2n) is 6.50. The summed E-state index contributed by atoms with van der Waals surface area (Å²) in [6.45, 7) is 1.21. The number of likely N-dealkylation sites (tertiary alicyclic amines) is 1. The number of likely N-dealkylation sites (N-methyl/N-ethyl adjacent to an activating group) is 1. The van der Waals surface area contributed by atoms with Crippen molar-refractivity contribution in [3.8, 4) is 0 Å². The van der Waals surface area contributed by atoms with E-state index in [1.54, 1.807) is 11.3 Å². The van der Waals surface area contributed by atoms with E-state index in [4.69, 9.17) is 5.73 Å². The van der Waals surface area contributed by atoms with Gasteiger partial charge in [0.15, 0.2) is 0 Å². The molecule has 1 unspecified atom stereocenters. The van der Waals surface area contributed by atoms with Gasteiger partial charge in [0.25, 0.3) is 0 Å². The van der Waals surface area contributed by atoms with Crippen LogP contribution in [0.25, 0.3) is 10.9 Å². The van der Waals surface area contributed by atoms with Gasteiger partial charge in [-0.2, -0.15) is 0 Å². The molecule has 1 aromatic carbocycles. The fourth-order valence-corrected chi connectivity index (χ4v) is 4.14. The van der Waals surface area contributed by atoms with E-state index in [0.29, 0.717) is 11.9 Å². The van der Waals surface area contributed by atoms with Gasteiger partial charge >= 0.3 is 0 Å². The van der Waals surface area contributed by atoms with Crippen LogP contribution < -0.4 is 5.73 Å². The van der Waals surface area contributed by atoms with Crippen LogP contribution in [0.5, 0.6) is 0 Å². The summed E-state index contributed by atoms with van der Waals surface area (Å²) in [5.41, 5.74) is 9.57. The summed E-state index contributed by atoms with van der Waals surface area (Å²) in [5.74, 6) is 0.581. The van der Waals surface area contributed by atoms with Crippen LogP contribution in [0.4, 0.5) is 5.69 Å². The number of nitrogens with two attached hydrogens (primary N) is 1. The first kappa shape index (κ1) is 20.8. The third kappa shape index (κ3) is 4.23. The van der Waals surface area contributed by atoms with Gasteiger partial charge in [-0.05, 0) is 68.1 Å². The Kier molecular flexibility index (Phi) is 7.12. The summed E-state index contributed by atoms with van der Waals surface area (Å²) in [4.78, 5) is 11.5. The number of benzene rings is 1. The number of halogens is 2. The minimum Gasteiger partial charge on any atom is -0.383 e. The molecule has 0 spiro atoms. The number of hydrogen-bond acceptors (Lipinski definition) is 3. The zero-order valence-corrected chi connectivity index (χ0v) is 17.1. The quantitative estimate of drug-likeness (QED) is 0.481. The van der Waals surface area contributed by atoms with Gasteiger partial charge in [-0.25, -0.2) is 4.99 Å². The molecule has 3 N–H and O–H groups in total. The first-order valence-electron chi connectivity index (χ1n) is 8.39. The van der Waals surface area contributed by atoms with Gasteiger partial charge in [-0.1, -0.05) is 6.07 Å². The van der Waals surface area contributed by atoms with E-state index in [1.807, 2.05) is 23.6 Å². The maximum atomic E-state index is 6.13. The van der Waals surface area contributed by atoms with Crippen molar-refractivity contribution in [3.63, 3.8) is 0 Å². The van der Waals surface area contributed by atoms with E-state index in [0.717, 1.165) is 17.0 Å². The highest BCUT2D eigenvalue weighted by Crippen LogP contribution is 2.28. The third-order valence-corrected chi connectivity index (χ3v) is 5.79. The molecule has 0 saturated carbocycles. The lowest BCUT2D eigenvalue weighted by Crippen LogP contribution is -2.26. The SMILES string of the molecule is CN1CCCC1Cc1c[nH]c2ccc(N=C(N)c3cccs3)cc12.Cl.Cl. The van der Waals surface area contributed by atoms with Gasteiger partial charge in [0.05, 0.1) is 10.6 Å². The van der Waals surface area contributed by atoms with Crippen molar-refractivity contribution >= 4 is 58.6 Å². The molecule has 2 aromatic heterocycles. The van der Waals surface area contributed by atoms with Gasteiger partial charge in [0.1, 0.15) is 5.84 Å². The number of nitrogens with one attached hydrogen (secondary N) is 1. The van der Waals surface area contributed by atoms with Crippen LogP contribution in [-0.2, 0) is 6.42 Å². The van der Waals surface area contributed by atoms with Crippen molar-refractivity contribution in [2.24, 2.45) is 10.7 Å². The van der Waals surface area contributed by atoms with Crippen LogP contribution in [0.1, 0.15) is 23.3 Å². The molecule has 1 aliphatic rings. The lowest BCUT2D eigenvalue weighted by atomic mass is 10.0. The molecule has 26 heavy (non-hydrogen) atoms. The van der Waals surface area contributed by atoms with Gasteiger partial charge < -0.3 is 15.6 Å². The van der Waals surface area contributed by atoms with Crippen LogP contribution in [0.3, 0.4) is 0 Å². The number of hydrogen-bond donors (Lipinski definition) is 2. The number of aromatic amines is 1. The van der Waals surface area contributed by atoms with Crippen molar-refractivity contribution < 1.29 is 0 Å². The van der Waals surface area contributed by atoms with Gasteiger partial charge in [0, 0.05) is 23.1 Å². The zero-order valence-electron chi connectivity index (χ0n) is 14.6. The number of fused-ring (bicyclic) bond motifs is 1. The van der Waals surface area contributed by atoms with E-state index in [9.17, 15) is 0 Å². The summed E-state index contributed by atoms with van der Waals surface area (Å²) < 4.78 is 0. The van der Waals surface area contributed by atoms with Crippen molar-refractivity contribution in [1.82, 2.24) is 9.88 Å². The van der Waals surface area contributed by atoms with Crippen molar-refractivity contribution in [2.45, 2.75) is 25.3 Å². The van der Waals surface area contributed by atoms with E-state index in [1.165, 1.54) is 35.9 Å². The third-order valence-electron chi connectivity index (χ3n) is 4.90. The summed E-state index contributed by atoms with van der Waals surface area (Å²) in [7, 11) is 2.23. The molecule has 0 aliphatic carbocycles. The molecule has 140 valence electrons. The number of rotatable bonds is 4. The summed E-state index contributed by atoms with van der Waals surface area (Å²) in [6, 6.07) is 10.9. The molecule has 4 nitrogen and oxygen atoms in total. The van der Waals surface area contributed by atoms with Crippen molar-refractivity contribution in [3.05, 3.63) is 52.3 Å². The average Bonchev–Trinajstić information content (AvgIpc) is 3.31. The van der Waals surface area contributed by atoms with Gasteiger partial charge in [-0.15, -0.1) is 36.2 Å². The summed E-state index contributed by atoms with van der Waals surface area (Å²) in [5, 5.41) is 3.28. The lowest BCUT2D eigenvalue weighted by Gasteiger charge is -2.18. The number of nitrogens with zero attached hydrogens (tertiary/aromatic N) is 2. The highest BCUT2D eigenvalue weighted by Gasteiger charge is 2.22. The summed E-state index contributed by atoms with van der Waals surface area (Å²) in [6.07, 6.45) is 5.82. The number of thiophene rings is 1. The van der Waals surface area contributed by atoms with Crippen LogP contribution >= 0.6 is 36.2 Å². The fourth-order valence-electron chi connectivity index (χ4n) is 3.51. The number of aromatic nitrogens is 1. The largest absolute Gasteiger partial charge is 0.383 e. The monoisotopic (exact) mass is 410 g/mol. The first-order chi connectivity index (χ1) is 11.7. The van der Waals surface area contributed by atoms with Gasteiger partial charge in [-0.3, -0.25) is 0 Å². The molecular formula is C19H24Cl2N4S. The average molecular weight is 411 g/mol. The standard InChI is InChI=1S/C19H22N4S.2ClH/c1-23-8-2-4-15(23)10-13-12-21-17-7-6-14(11-16(13)17)22-19(20)18-5-3-9-24-18;;/h3,5-7,9,11-12,15,21H,2,4,8,10H2,1H3,(H2,20,22);2*1H. The molecule has 7 heteroatoms. The Morgan fingerprint density at radius 2 is 2.19 bits per heavy atom. The molecule has 0 amide bonds. The Morgan fingerprint density at radius 1 is 1.35 bits per heavy atom. The van der Waals surface area contributed by atoms with Crippen molar-refractivity contribution in [2.75, 3.05) is 13.6 Å².